The van der Waals surface area contributed by atoms with E-state index in [2.05, 4.69) is 60.5 Å². The molecule has 4 aromatic rings. The Labute approximate surface area is 239 Å². The summed E-state index contributed by atoms with van der Waals surface area (Å²) in [6.07, 6.45) is 2.64. The molecule has 0 saturated heterocycles. The Bertz CT molecular complexity index is 1370. The van der Waals surface area contributed by atoms with Gasteiger partial charge in [-0.1, -0.05) is 66.7 Å². The highest BCUT2D eigenvalue weighted by Crippen LogP contribution is 2.34. The number of hydrogen-bond acceptors (Lipinski definition) is 5. The summed E-state index contributed by atoms with van der Waals surface area (Å²) in [7, 11) is 2.09. The largest absolute Gasteiger partial charge is 0.480 e. The van der Waals surface area contributed by atoms with Gasteiger partial charge in [-0.2, -0.15) is 0 Å². The van der Waals surface area contributed by atoms with Crippen molar-refractivity contribution in [2.24, 2.45) is 0 Å². The predicted molar refractivity (Wildman–Crippen MR) is 160 cm³/mol. The number of alkyl halides is 1. The number of aliphatic carboxylic acids is 1. The summed E-state index contributed by atoms with van der Waals surface area (Å²) in [5.74, 6) is -0.356. The van der Waals surface area contributed by atoms with Gasteiger partial charge < -0.3 is 10.0 Å². The van der Waals surface area contributed by atoms with Crippen LogP contribution >= 0.6 is 11.3 Å². The zero-order valence-electron chi connectivity index (χ0n) is 22.9. The lowest BCUT2D eigenvalue weighted by Crippen LogP contribution is -2.28. The van der Waals surface area contributed by atoms with Crippen molar-refractivity contribution >= 4 is 23.0 Å². The molecule has 208 valence electrons. The molecule has 1 fully saturated rings. The van der Waals surface area contributed by atoms with Crippen LogP contribution in [0.4, 0.5) is 10.1 Å². The number of anilines is 1. The second-order valence-electron chi connectivity index (χ2n) is 10.7. The summed E-state index contributed by atoms with van der Waals surface area (Å²) in [5.41, 5.74) is 6.73. The average molecular weight is 558 g/mol. The Balaban J connectivity index is 1.18. The number of rotatable bonds is 11. The van der Waals surface area contributed by atoms with Gasteiger partial charge in [0.1, 0.15) is 11.2 Å². The van der Waals surface area contributed by atoms with Gasteiger partial charge in [0.2, 0.25) is 0 Å². The molecule has 0 unspecified atom stereocenters. The monoisotopic (exact) mass is 557 g/mol. The molecule has 40 heavy (non-hydrogen) atoms. The van der Waals surface area contributed by atoms with Crippen LogP contribution in [0.25, 0.3) is 11.3 Å². The molecule has 0 aliphatic heterocycles. The smallest absolute Gasteiger partial charge is 0.317 e. The normalized spacial score (nSPS) is 17.2. The maximum Gasteiger partial charge on any atom is 0.317 e. The number of aromatic nitrogens is 1. The Morgan fingerprint density at radius 3 is 2.25 bits per heavy atom. The Morgan fingerprint density at radius 1 is 0.900 bits per heavy atom. The Hall–Kier alpha value is -3.55. The average Bonchev–Trinajstić information content (AvgIpc) is 3.42. The molecule has 1 aliphatic carbocycles. The number of benzene rings is 3. The number of carboxylic acid groups (broad SMARTS) is 1. The number of thiazole rings is 1. The zero-order valence-corrected chi connectivity index (χ0v) is 23.7. The summed E-state index contributed by atoms with van der Waals surface area (Å²) in [6.45, 7) is 1.82. The fourth-order valence-electron chi connectivity index (χ4n) is 5.44. The van der Waals surface area contributed by atoms with Crippen molar-refractivity contribution in [2.75, 3.05) is 18.5 Å². The third kappa shape index (κ3) is 7.55. The second-order valence-corrected chi connectivity index (χ2v) is 11.7. The van der Waals surface area contributed by atoms with E-state index >= 15 is 0 Å². The van der Waals surface area contributed by atoms with Crippen molar-refractivity contribution in [2.45, 2.75) is 57.4 Å². The number of hydrogen-bond donors (Lipinski definition) is 1. The minimum absolute atomic E-state index is 0.0340. The number of carboxylic acids is 1. The third-order valence-corrected chi connectivity index (χ3v) is 8.48. The topological polar surface area (TPSA) is 56.7 Å². The van der Waals surface area contributed by atoms with E-state index in [4.69, 9.17) is 4.98 Å². The molecule has 0 atom stereocenters. The van der Waals surface area contributed by atoms with E-state index in [1.54, 1.807) is 11.3 Å². The molecule has 1 saturated carbocycles. The van der Waals surface area contributed by atoms with Gasteiger partial charge in [0, 0.05) is 36.8 Å². The van der Waals surface area contributed by atoms with E-state index < -0.39 is 12.1 Å². The molecule has 1 aromatic heterocycles. The van der Waals surface area contributed by atoms with Crippen LogP contribution in [0.2, 0.25) is 0 Å². The Kier molecular flexibility index (Phi) is 9.24. The van der Waals surface area contributed by atoms with E-state index in [1.165, 1.54) is 11.1 Å². The molecular formula is C33H36FN3O2S. The van der Waals surface area contributed by atoms with Crippen LogP contribution in [0, 0.1) is 0 Å². The highest BCUT2D eigenvalue weighted by molar-refractivity contribution is 7.09. The van der Waals surface area contributed by atoms with Gasteiger partial charge in [-0.25, -0.2) is 9.37 Å². The second kappa shape index (κ2) is 13.2. The predicted octanol–water partition coefficient (Wildman–Crippen LogP) is 7.53. The summed E-state index contributed by atoms with van der Waals surface area (Å²) in [6, 6.07) is 27.2. The quantitative estimate of drug-likeness (QED) is 0.207. The molecule has 1 N–H and O–H groups in total. The molecule has 0 amide bonds. The number of carbonyl (C=O) groups is 1. The van der Waals surface area contributed by atoms with Crippen LogP contribution in [-0.4, -0.2) is 40.7 Å². The lowest BCUT2D eigenvalue weighted by molar-refractivity contribution is -0.138. The molecule has 3 aromatic carbocycles. The van der Waals surface area contributed by atoms with Crippen LogP contribution in [0.5, 0.6) is 0 Å². The Morgan fingerprint density at radius 2 is 1.57 bits per heavy atom. The van der Waals surface area contributed by atoms with E-state index in [1.807, 2.05) is 40.6 Å². The van der Waals surface area contributed by atoms with Gasteiger partial charge in [-0.15, -0.1) is 11.3 Å². The van der Waals surface area contributed by atoms with Crippen molar-refractivity contribution < 1.29 is 14.3 Å². The molecular weight excluding hydrogens is 521 g/mol. The third-order valence-electron chi connectivity index (χ3n) is 7.65. The molecule has 0 bridgehead atoms. The first-order valence-electron chi connectivity index (χ1n) is 13.9. The van der Waals surface area contributed by atoms with Gasteiger partial charge in [0.15, 0.2) is 0 Å². The molecule has 0 radical (unpaired) electrons. The lowest BCUT2D eigenvalue weighted by Gasteiger charge is -2.25. The molecule has 5 nitrogen and oxygen atoms in total. The minimum atomic E-state index is -0.844. The van der Waals surface area contributed by atoms with E-state index in [9.17, 15) is 14.3 Å². The standard InChI is InChI=1S/C33H36FN3O2S/c1-36(19-25-7-9-26(10-8-25)27-11-15-29(34)16-12-27)30-17-13-28(14-18-30)31-23-40-32(35-31)21-37(22-33(38)39)20-24-5-3-2-4-6-24/h2-10,13-14,17-18,23,27,29H,11-12,15-16,19-22H2,1H3,(H,38,39). The van der Waals surface area contributed by atoms with Crippen molar-refractivity contribution in [1.82, 2.24) is 9.88 Å². The summed E-state index contributed by atoms with van der Waals surface area (Å²) >= 11 is 1.56. The fraction of sp³-hybridized carbons (Fsp3) is 0.333. The van der Waals surface area contributed by atoms with Crippen LogP contribution in [-0.2, 0) is 24.4 Å². The highest BCUT2D eigenvalue weighted by atomic mass is 32.1. The summed E-state index contributed by atoms with van der Waals surface area (Å²) in [5, 5.41) is 12.3. The molecule has 0 spiro atoms. The van der Waals surface area contributed by atoms with Gasteiger partial charge in [-0.05, 0) is 60.4 Å². The number of halogens is 1. The SMILES string of the molecule is CN(Cc1ccc(C2CCC(F)CC2)cc1)c1ccc(-c2csc(CN(CC(=O)O)Cc3ccccc3)n2)cc1. The van der Waals surface area contributed by atoms with Crippen LogP contribution in [0.1, 0.15) is 53.3 Å². The van der Waals surface area contributed by atoms with Crippen molar-refractivity contribution in [3.05, 3.63) is 106 Å². The van der Waals surface area contributed by atoms with Gasteiger partial charge in [0.25, 0.3) is 0 Å². The maximum absolute atomic E-state index is 13.5. The van der Waals surface area contributed by atoms with Crippen molar-refractivity contribution in [1.29, 1.82) is 0 Å². The van der Waals surface area contributed by atoms with Gasteiger partial charge in [0.05, 0.1) is 18.8 Å². The van der Waals surface area contributed by atoms with E-state index in [-0.39, 0.29) is 6.54 Å². The minimum Gasteiger partial charge on any atom is -0.480 e. The van der Waals surface area contributed by atoms with E-state index in [0.29, 0.717) is 31.8 Å². The first-order chi connectivity index (χ1) is 19.4. The van der Waals surface area contributed by atoms with Crippen LogP contribution in [0.3, 0.4) is 0 Å². The van der Waals surface area contributed by atoms with Crippen LogP contribution in [0.15, 0.2) is 84.2 Å². The first kappa shape index (κ1) is 28.0. The van der Waals surface area contributed by atoms with Gasteiger partial charge in [-0.3, -0.25) is 9.69 Å². The fourth-order valence-corrected chi connectivity index (χ4v) is 6.29. The number of nitrogens with zero attached hydrogens (tertiary/aromatic N) is 3. The molecule has 1 heterocycles. The first-order valence-corrected chi connectivity index (χ1v) is 14.8. The van der Waals surface area contributed by atoms with Crippen molar-refractivity contribution in [3.63, 3.8) is 0 Å². The van der Waals surface area contributed by atoms with Crippen molar-refractivity contribution in [3.8, 4) is 11.3 Å². The molecule has 5 rings (SSSR count). The maximum atomic E-state index is 13.5. The molecule has 1 aliphatic rings. The van der Waals surface area contributed by atoms with Crippen LogP contribution < -0.4 is 4.90 Å². The zero-order chi connectivity index (χ0) is 27.9. The van der Waals surface area contributed by atoms with Gasteiger partial charge >= 0.3 is 5.97 Å². The summed E-state index contributed by atoms with van der Waals surface area (Å²) in [4.78, 5) is 20.4. The highest BCUT2D eigenvalue weighted by Gasteiger charge is 2.21. The summed E-state index contributed by atoms with van der Waals surface area (Å²) < 4.78 is 13.5. The lowest BCUT2D eigenvalue weighted by atomic mass is 9.83. The van der Waals surface area contributed by atoms with E-state index in [0.717, 1.165) is 46.9 Å². The molecule has 7 heteroatoms.